The van der Waals surface area contributed by atoms with Crippen LogP contribution in [0.1, 0.15) is 13.8 Å². The smallest absolute Gasteiger partial charge is 0.313 e. The Bertz CT molecular complexity index is 758. The van der Waals surface area contributed by atoms with E-state index in [9.17, 15) is 9.59 Å². The van der Waals surface area contributed by atoms with Gasteiger partial charge in [0.2, 0.25) is 5.91 Å². The number of benzene rings is 1. The molecule has 0 aliphatic carbocycles. The molecule has 2 fully saturated rings. The van der Waals surface area contributed by atoms with Crippen LogP contribution in [0.3, 0.4) is 0 Å². The van der Waals surface area contributed by atoms with Crippen molar-refractivity contribution < 1.29 is 23.8 Å². The van der Waals surface area contributed by atoms with Crippen LogP contribution in [0.4, 0.5) is 5.69 Å². The van der Waals surface area contributed by atoms with Crippen LogP contribution in [0.2, 0.25) is 0 Å². The average molecular weight is 343 g/mol. The minimum atomic E-state index is -0.761. The number of ether oxygens (including phenoxy) is 3. The number of methoxy groups -OCH3 is 1. The molecule has 2 bridgehead atoms. The zero-order valence-electron chi connectivity index (χ0n) is 14.5. The molecule has 0 aromatic heterocycles. The Balaban J connectivity index is 1.69. The lowest BCUT2D eigenvalue weighted by Crippen LogP contribution is -2.40. The summed E-state index contributed by atoms with van der Waals surface area (Å²) in [6.45, 7) is 3.97. The Morgan fingerprint density at radius 2 is 2.12 bits per heavy atom. The van der Waals surface area contributed by atoms with E-state index < -0.39 is 17.4 Å². The first-order valence-corrected chi connectivity index (χ1v) is 8.49. The standard InChI is InChI=1S/C19H21NO5/c1-11(2)24-18(22)15-14-8-9-19(25-14)10-20(17(21)16(15)19)12-6-4-5-7-13(12)23-3/h4-9,11,14-16H,10H2,1-3H3/t14-,15-,16-,19-/m0/s1. The Labute approximate surface area is 146 Å². The lowest BCUT2D eigenvalue weighted by atomic mass is 9.77. The lowest BCUT2D eigenvalue weighted by molar-refractivity contribution is -0.156. The summed E-state index contributed by atoms with van der Waals surface area (Å²) in [5.41, 5.74) is -0.0706. The first kappa shape index (κ1) is 16.1. The number of hydrogen-bond acceptors (Lipinski definition) is 5. The third-order valence-corrected chi connectivity index (χ3v) is 5.10. The van der Waals surface area contributed by atoms with Crippen molar-refractivity contribution in [1.29, 1.82) is 0 Å². The van der Waals surface area contributed by atoms with Crippen LogP contribution >= 0.6 is 0 Å². The van der Waals surface area contributed by atoms with E-state index in [-0.39, 0.29) is 24.1 Å². The van der Waals surface area contributed by atoms with E-state index >= 15 is 0 Å². The summed E-state index contributed by atoms with van der Waals surface area (Å²) >= 11 is 0. The monoisotopic (exact) mass is 343 g/mol. The van der Waals surface area contributed by atoms with Gasteiger partial charge in [0.15, 0.2) is 0 Å². The maximum absolute atomic E-state index is 13.2. The highest BCUT2D eigenvalue weighted by Gasteiger charge is 2.67. The van der Waals surface area contributed by atoms with Gasteiger partial charge in [-0.1, -0.05) is 24.3 Å². The van der Waals surface area contributed by atoms with Gasteiger partial charge >= 0.3 is 5.97 Å². The number of carbonyl (C=O) groups is 2. The van der Waals surface area contributed by atoms with Crippen molar-refractivity contribution in [3.05, 3.63) is 36.4 Å². The summed E-state index contributed by atoms with van der Waals surface area (Å²) in [6.07, 6.45) is 3.18. The fourth-order valence-corrected chi connectivity index (χ4v) is 4.13. The van der Waals surface area contributed by atoms with Gasteiger partial charge in [-0.3, -0.25) is 9.59 Å². The van der Waals surface area contributed by atoms with Crippen LogP contribution in [-0.2, 0) is 19.1 Å². The number of rotatable bonds is 4. The Kier molecular flexibility index (Phi) is 3.61. The molecule has 3 aliphatic heterocycles. The maximum atomic E-state index is 13.2. The highest BCUT2D eigenvalue weighted by atomic mass is 16.6. The van der Waals surface area contributed by atoms with Crippen LogP contribution in [0.15, 0.2) is 36.4 Å². The van der Waals surface area contributed by atoms with E-state index in [0.29, 0.717) is 18.0 Å². The van der Waals surface area contributed by atoms with Gasteiger partial charge in [-0.15, -0.1) is 0 Å². The predicted octanol–water partition coefficient (Wildman–Crippen LogP) is 1.93. The van der Waals surface area contributed by atoms with Crippen molar-refractivity contribution in [2.45, 2.75) is 31.7 Å². The third-order valence-electron chi connectivity index (χ3n) is 5.10. The zero-order chi connectivity index (χ0) is 17.8. The van der Waals surface area contributed by atoms with Gasteiger partial charge < -0.3 is 19.1 Å². The molecule has 132 valence electrons. The van der Waals surface area contributed by atoms with Crippen LogP contribution in [-0.4, -0.2) is 43.3 Å². The largest absolute Gasteiger partial charge is 0.495 e. The number of esters is 1. The topological polar surface area (TPSA) is 65.1 Å². The molecule has 0 saturated carbocycles. The van der Waals surface area contributed by atoms with E-state index in [1.54, 1.807) is 25.9 Å². The molecule has 25 heavy (non-hydrogen) atoms. The van der Waals surface area contributed by atoms with Crippen molar-refractivity contribution in [1.82, 2.24) is 0 Å². The van der Waals surface area contributed by atoms with Crippen molar-refractivity contribution in [3.8, 4) is 5.75 Å². The first-order valence-electron chi connectivity index (χ1n) is 8.49. The van der Waals surface area contributed by atoms with E-state index in [2.05, 4.69) is 0 Å². The molecular formula is C19H21NO5. The Morgan fingerprint density at radius 1 is 1.36 bits per heavy atom. The number of nitrogens with zero attached hydrogens (tertiary/aromatic N) is 1. The lowest BCUT2D eigenvalue weighted by Gasteiger charge is -2.23. The summed E-state index contributed by atoms with van der Waals surface area (Å²) < 4.78 is 16.8. The molecule has 3 heterocycles. The van der Waals surface area contributed by atoms with E-state index in [4.69, 9.17) is 14.2 Å². The number of carbonyl (C=O) groups excluding carboxylic acids is 2. The van der Waals surface area contributed by atoms with Crippen LogP contribution in [0.5, 0.6) is 5.75 Å². The molecule has 6 nitrogen and oxygen atoms in total. The molecule has 2 saturated heterocycles. The molecule has 4 rings (SSSR count). The summed E-state index contributed by atoms with van der Waals surface area (Å²) in [7, 11) is 1.57. The second kappa shape index (κ2) is 5.59. The molecule has 3 aliphatic rings. The van der Waals surface area contributed by atoms with Crippen molar-refractivity contribution in [3.63, 3.8) is 0 Å². The number of fused-ring (bicyclic) bond motifs is 1. The van der Waals surface area contributed by atoms with Gasteiger partial charge in [-0.25, -0.2) is 0 Å². The van der Waals surface area contributed by atoms with Gasteiger partial charge in [-0.2, -0.15) is 0 Å². The highest BCUT2D eigenvalue weighted by molar-refractivity contribution is 6.03. The van der Waals surface area contributed by atoms with Crippen molar-refractivity contribution in [2.24, 2.45) is 11.8 Å². The number of amides is 1. The second-order valence-electron chi connectivity index (χ2n) is 6.98. The van der Waals surface area contributed by atoms with E-state index in [1.807, 2.05) is 36.4 Å². The van der Waals surface area contributed by atoms with Gasteiger partial charge in [0, 0.05) is 0 Å². The number of hydrogen-bond donors (Lipinski definition) is 0. The molecule has 6 heteroatoms. The average Bonchev–Trinajstić information content (AvgIpc) is 3.22. The van der Waals surface area contributed by atoms with Crippen molar-refractivity contribution >= 4 is 17.6 Å². The minimum Gasteiger partial charge on any atom is -0.495 e. The summed E-state index contributed by atoms with van der Waals surface area (Å²) in [5.74, 6) is -1.03. The third kappa shape index (κ3) is 2.28. The summed E-state index contributed by atoms with van der Waals surface area (Å²) in [4.78, 5) is 27.4. The van der Waals surface area contributed by atoms with Crippen LogP contribution in [0.25, 0.3) is 0 Å². The predicted molar refractivity (Wildman–Crippen MR) is 90.3 cm³/mol. The zero-order valence-corrected chi connectivity index (χ0v) is 14.5. The van der Waals surface area contributed by atoms with Gasteiger partial charge in [-0.05, 0) is 26.0 Å². The molecule has 1 amide bonds. The SMILES string of the molecule is COc1ccccc1N1C[C@]23C=C[C@H](O2)[C@H](C(=O)OC(C)C)[C@H]3C1=O. The Morgan fingerprint density at radius 3 is 2.84 bits per heavy atom. The first-order chi connectivity index (χ1) is 12.0. The number of para-hydroxylation sites is 2. The molecule has 1 aromatic carbocycles. The van der Waals surface area contributed by atoms with Crippen LogP contribution < -0.4 is 9.64 Å². The highest BCUT2D eigenvalue weighted by Crippen LogP contribution is 2.53. The quantitative estimate of drug-likeness (QED) is 0.617. The minimum absolute atomic E-state index is 0.123. The van der Waals surface area contributed by atoms with Gasteiger partial charge in [0.25, 0.3) is 0 Å². The van der Waals surface area contributed by atoms with Gasteiger partial charge in [0.1, 0.15) is 17.3 Å². The molecule has 0 radical (unpaired) electrons. The van der Waals surface area contributed by atoms with E-state index in [1.165, 1.54) is 0 Å². The fraction of sp³-hybridized carbons (Fsp3) is 0.474. The molecule has 4 atom stereocenters. The summed E-state index contributed by atoms with van der Waals surface area (Å²) in [5, 5.41) is 0. The second-order valence-corrected chi connectivity index (χ2v) is 6.98. The molecular weight excluding hydrogens is 322 g/mol. The molecule has 0 unspecified atom stereocenters. The van der Waals surface area contributed by atoms with Gasteiger partial charge in [0.05, 0.1) is 37.5 Å². The fourth-order valence-electron chi connectivity index (χ4n) is 4.13. The Hall–Kier alpha value is -2.34. The van der Waals surface area contributed by atoms with Crippen molar-refractivity contribution in [2.75, 3.05) is 18.6 Å². The van der Waals surface area contributed by atoms with E-state index in [0.717, 1.165) is 0 Å². The molecule has 0 N–H and O–H groups in total. The number of anilines is 1. The maximum Gasteiger partial charge on any atom is 0.313 e. The summed E-state index contributed by atoms with van der Waals surface area (Å²) in [6, 6.07) is 7.36. The molecule has 1 spiro atoms. The van der Waals surface area contributed by atoms with Crippen LogP contribution in [0, 0.1) is 11.8 Å². The normalized spacial score (nSPS) is 32.4. The molecule has 1 aromatic rings.